The molecule has 2 heterocycles. The standard InChI is InChI=1S/C53H35N5/c1-5-17-36(18-6-1)48-35-49(55-50(54-48)37-19-7-2-8-20-37)42-27-15-25-40(33-42)44-31-32-45(47-30-14-13-29-46(44)47)41-26-16-28-43(34-41)53-57-51(38-21-9-3-10-22-38)56-52(58-53)39-23-11-4-12-24-39/h1-35H. The average Bonchev–Trinajstić information content (AvgIpc) is 3.32. The molecule has 0 saturated carbocycles. The van der Waals surface area contributed by atoms with Crippen LogP contribution in [0.2, 0.25) is 0 Å². The Balaban J connectivity index is 1.05. The lowest BCUT2D eigenvalue weighted by Crippen LogP contribution is -2.00. The van der Waals surface area contributed by atoms with E-state index in [1.54, 1.807) is 0 Å². The maximum Gasteiger partial charge on any atom is 0.164 e. The number of hydrogen-bond donors (Lipinski definition) is 0. The van der Waals surface area contributed by atoms with E-state index in [-0.39, 0.29) is 0 Å². The molecule has 0 bridgehead atoms. The molecule has 0 N–H and O–H groups in total. The largest absolute Gasteiger partial charge is 0.228 e. The van der Waals surface area contributed by atoms with Crippen molar-refractivity contribution in [3.63, 3.8) is 0 Å². The fraction of sp³-hybridized carbons (Fsp3) is 0. The fourth-order valence-corrected chi connectivity index (χ4v) is 7.48. The van der Waals surface area contributed by atoms with Gasteiger partial charge in [0.15, 0.2) is 23.3 Å². The molecule has 0 aliphatic heterocycles. The third kappa shape index (κ3) is 6.93. The van der Waals surface area contributed by atoms with E-state index in [1.807, 2.05) is 97.1 Å². The number of nitrogens with zero attached hydrogens (tertiary/aromatic N) is 5. The van der Waals surface area contributed by atoms with Crippen LogP contribution in [0.5, 0.6) is 0 Å². The molecular formula is C53H35N5. The van der Waals surface area contributed by atoms with Gasteiger partial charge in [-0.3, -0.25) is 0 Å². The van der Waals surface area contributed by atoms with E-state index in [0.717, 1.165) is 77.8 Å². The van der Waals surface area contributed by atoms with Crippen LogP contribution in [0.1, 0.15) is 0 Å². The highest BCUT2D eigenvalue weighted by Gasteiger charge is 2.16. The third-order valence-corrected chi connectivity index (χ3v) is 10.4. The molecule has 2 aromatic heterocycles. The van der Waals surface area contributed by atoms with E-state index >= 15 is 0 Å². The Labute approximate surface area is 337 Å². The molecular weight excluding hydrogens is 707 g/mol. The van der Waals surface area contributed by atoms with Gasteiger partial charge < -0.3 is 0 Å². The first kappa shape index (κ1) is 34.6. The van der Waals surface area contributed by atoms with Crippen molar-refractivity contribution >= 4 is 10.8 Å². The normalized spacial score (nSPS) is 11.1. The van der Waals surface area contributed by atoms with Crippen molar-refractivity contribution in [3.8, 4) is 90.3 Å². The van der Waals surface area contributed by atoms with Gasteiger partial charge in [0.25, 0.3) is 0 Å². The summed E-state index contributed by atoms with van der Waals surface area (Å²) in [5.74, 6) is 2.61. The Bertz CT molecular complexity index is 2720. The van der Waals surface area contributed by atoms with Crippen LogP contribution in [0.15, 0.2) is 212 Å². The zero-order valence-corrected chi connectivity index (χ0v) is 31.4. The van der Waals surface area contributed by atoms with Gasteiger partial charge in [-0.05, 0) is 51.2 Å². The first-order valence-corrected chi connectivity index (χ1v) is 19.3. The summed E-state index contributed by atoms with van der Waals surface area (Å²) in [5.41, 5.74) is 12.1. The summed E-state index contributed by atoms with van der Waals surface area (Å²) in [7, 11) is 0. The third-order valence-electron chi connectivity index (χ3n) is 10.4. The molecule has 58 heavy (non-hydrogen) atoms. The highest BCUT2D eigenvalue weighted by molar-refractivity contribution is 6.05. The van der Waals surface area contributed by atoms with Crippen LogP contribution in [0.4, 0.5) is 0 Å². The van der Waals surface area contributed by atoms with Gasteiger partial charge in [-0.1, -0.05) is 194 Å². The number of rotatable bonds is 8. The van der Waals surface area contributed by atoms with Crippen LogP contribution in [0.3, 0.4) is 0 Å². The van der Waals surface area contributed by atoms with E-state index in [1.165, 1.54) is 0 Å². The maximum absolute atomic E-state index is 5.10. The zero-order valence-electron chi connectivity index (χ0n) is 31.4. The fourth-order valence-electron chi connectivity index (χ4n) is 7.48. The lowest BCUT2D eigenvalue weighted by molar-refractivity contribution is 1.07. The minimum absolute atomic E-state index is 0.628. The summed E-state index contributed by atoms with van der Waals surface area (Å²) in [6.45, 7) is 0. The molecule has 0 saturated heterocycles. The highest BCUT2D eigenvalue weighted by Crippen LogP contribution is 2.38. The number of aromatic nitrogens is 5. The van der Waals surface area contributed by atoms with E-state index in [2.05, 4.69) is 115 Å². The van der Waals surface area contributed by atoms with Crippen LogP contribution in [0.25, 0.3) is 101 Å². The molecule has 5 nitrogen and oxygen atoms in total. The second-order valence-electron chi connectivity index (χ2n) is 14.1. The number of fused-ring (bicyclic) bond motifs is 1. The molecule has 0 spiro atoms. The van der Waals surface area contributed by atoms with Gasteiger partial charge in [0.2, 0.25) is 0 Å². The summed E-state index contributed by atoms with van der Waals surface area (Å²) in [6.07, 6.45) is 0. The smallest absolute Gasteiger partial charge is 0.164 e. The SMILES string of the molecule is c1ccc(-c2cc(-c3cccc(-c4ccc(-c5cccc(-c6nc(-c7ccccc7)nc(-c7ccccc7)n6)c5)c5ccccc45)c3)nc(-c3ccccc3)n2)cc1. The molecule has 0 amide bonds. The van der Waals surface area contributed by atoms with E-state index < -0.39 is 0 Å². The van der Waals surface area contributed by atoms with Crippen molar-refractivity contribution in [2.45, 2.75) is 0 Å². The molecule has 0 aliphatic carbocycles. The lowest BCUT2D eigenvalue weighted by atomic mass is 9.91. The molecule has 0 fully saturated rings. The van der Waals surface area contributed by atoms with Crippen molar-refractivity contribution in [2.75, 3.05) is 0 Å². The molecule has 0 radical (unpaired) electrons. The first-order chi connectivity index (χ1) is 28.7. The Morgan fingerprint density at radius 3 is 1.02 bits per heavy atom. The Morgan fingerprint density at radius 2 is 0.534 bits per heavy atom. The average molecular weight is 742 g/mol. The Morgan fingerprint density at radius 1 is 0.207 bits per heavy atom. The van der Waals surface area contributed by atoms with Gasteiger partial charge in [-0.15, -0.1) is 0 Å². The number of benzene rings is 8. The zero-order chi connectivity index (χ0) is 38.7. The topological polar surface area (TPSA) is 64.5 Å². The summed E-state index contributed by atoms with van der Waals surface area (Å²) >= 11 is 0. The van der Waals surface area contributed by atoms with Gasteiger partial charge in [-0.25, -0.2) is 24.9 Å². The predicted octanol–water partition coefficient (Wildman–Crippen LogP) is 13.2. The van der Waals surface area contributed by atoms with Crippen LogP contribution in [-0.2, 0) is 0 Å². The molecule has 5 heteroatoms. The monoisotopic (exact) mass is 741 g/mol. The summed E-state index contributed by atoms with van der Waals surface area (Å²) in [6, 6.07) is 73.0. The van der Waals surface area contributed by atoms with Crippen molar-refractivity contribution in [2.24, 2.45) is 0 Å². The maximum atomic E-state index is 5.10. The van der Waals surface area contributed by atoms with Gasteiger partial charge >= 0.3 is 0 Å². The molecule has 0 unspecified atom stereocenters. The van der Waals surface area contributed by atoms with E-state index in [9.17, 15) is 0 Å². The minimum atomic E-state index is 0.628. The van der Waals surface area contributed by atoms with Crippen LogP contribution in [0, 0.1) is 0 Å². The van der Waals surface area contributed by atoms with Crippen molar-refractivity contribution < 1.29 is 0 Å². The Kier molecular flexibility index (Phi) is 9.14. The van der Waals surface area contributed by atoms with Gasteiger partial charge in [0.1, 0.15) is 0 Å². The van der Waals surface area contributed by atoms with Crippen LogP contribution >= 0.6 is 0 Å². The summed E-state index contributed by atoms with van der Waals surface area (Å²) in [4.78, 5) is 25.0. The van der Waals surface area contributed by atoms with Crippen LogP contribution in [-0.4, -0.2) is 24.9 Å². The first-order valence-electron chi connectivity index (χ1n) is 19.3. The van der Waals surface area contributed by atoms with Crippen LogP contribution < -0.4 is 0 Å². The van der Waals surface area contributed by atoms with Crippen molar-refractivity contribution in [3.05, 3.63) is 212 Å². The van der Waals surface area contributed by atoms with Gasteiger partial charge in [0, 0.05) is 33.4 Å². The molecule has 10 rings (SSSR count). The van der Waals surface area contributed by atoms with Crippen molar-refractivity contribution in [1.29, 1.82) is 0 Å². The molecule has 8 aromatic carbocycles. The van der Waals surface area contributed by atoms with Gasteiger partial charge in [0.05, 0.1) is 11.4 Å². The summed E-state index contributed by atoms with van der Waals surface area (Å²) in [5, 5.41) is 2.32. The second kappa shape index (κ2) is 15.3. The second-order valence-corrected chi connectivity index (χ2v) is 14.1. The van der Waals surface area contributed by atoms with Gasteiger partial charge in [-0.2, -0.15) is 0 Å². The van der Waals surface area contributed by atoms with E-state index in [0.29, 0.717) is 23.3 Å². The van der Waals surface area contributed by atoms with Crippen molar-refractivity contribution in [1.82, 2.24) is 24.9 Å². The highest BCUT2D eigenvalue weighted by atomic mass is 15.0. The van der Waals surface area contributed by atoms with E-state index in [4.69, 9.17) is 24.9 Å². The molecule has 0 atom stereocenters. The lowest BCUT2D eigenvalue weighted by Gasteiger charge is -2.14. The molecule has 10 aromatic rings. The molecule has 0 aliphatic rings. The summed E-state index contributed by atoms with van der Waals surface area (Å²) < 4.78 is 0. The quantitative estimate of drug-likeness (QED) is 0.155. The number of hydrogen-bond acceptors (Lipinski definition) is 5. The molecule has 272 valence electrons. The minimum Gasteiger partial charge on any atom is -0.228 e. The predicted molar refractivity (Wildman–Crippen MR) is 236 cm³/mol. The Hall–Kier alpha value is -7.89.